The van der Waals surface area contributed by atoms with Gasteiger partial charge >= 0.3 is 0 Å². The molecule has 1 amide bonds. The Morgan fingerprint density at radius 2 is 2.28 bits per heavy atom. The average molecular weight is 313 g/mol. The van der Waals surface area contributed by atoms with Crippen LogP contribution in [0, 0.1) is 5.92 Å². The SMILES string of the molecule is CN(CC1CCOCC1)C(=O)c1cccnc1Br. The van der Waals surface area contributed by atoms with E-state index in [4.69, 9.17) is 4.74 Å². The highest BCUT2D eigenvalue weighted by Crippen LogP contribution is 2.18. The normalized spacial score (nSPS) is 16.6. The number of aromatic nitrogens is 1. The third kappa shape index (κ3) is 3.29. The maximum absolute atomic E-state index is 12.3. The van der Waals surface area contributed by atoms with Gasteiger partial charge in [0.15, 0.2) is 0 Å². The molecule has 0 saturated carbocycles. The zero-order chi connectivity index (χ0) is 13.0. The molecule has 1 aliphatic heterocycles. The number of pyridine rings is 1. The van der Waals surface area contributed by atoms with Crippen molar-refractivity contribution in [3.8, 4) is 0 Å². The molecular weight excluding hydrogens is 296 g/mol. The van der Waals surface area contributed by atoms with Gasteiger partial charge in [0, 0.05) is 33.0 Å². The Balaban J connectivity index is 1.98. The molecule has 0 spiro atoms. The van der Waals surface area contributed by atoms with Crippen LogP contribution in [-0.4, -0.2) is 42.6 Å². The van der Waals surface area contributed by atoms with Crippen LogP contribution in [0.5, 0.6) is 0 Å². The van der Waals surface area contributed by atoms with E-state index in [0.717, 1.165) is 32.6 Å². The molecule has 2 rings (SSSR count). The minimum absolute atomic E-state index is 0.0152. The van der Waals surface area contributed by atoms with E-state index in [1.165, 1.54) is 0 Å². The van der Waals surface area contributed by atoms with Crippen LogP contribution in [-0.2, 0) is 4.74 Å². The lowest BCUT2D eigenvalue weighted by Gasteiger charge is -2.27. The molecule has 18 heavy (non-hydrogen) atoms. The van der Waals surface area contributed by atoms with Gasteiger partial charge in [-0.3, -0.25) is 4.79 Å². The molecule has 2 heterocycles. The maximum Gasteiger partial charge on any atom is 0.256 e. The second-order valence-electron chi connectivity index (χ2n) is 4.58. The maximum atomic E-state index is 12.3. The second-order valence-corrected chi connectivity index (χ2v) is 5.33. The van der Waals surface area contributed by atoms with Crippen molar-refractivity contribution in [2.24, 2.45) is 5.92 Å². The van der Waals surface area contributed by atoms with Crippen molar-refractivity contribution in [3.63, 3.8) is 0 Å². The molecule has 1 saturated heterocycles. The number of rotatable bonds is 3. The average Bonchev–Trinajstić information content (AvgIpc) is 2.39. The summed E-state index contributed by atoms with van der Waals surface area (Å²) in [4.78, 5) is 18.1. The third-order valence-electron chi connectivity index (χ3n) is 3.21. The van der Waals surface area contributed by atoms with Gasteiger partial charge in [-0.1, -0.05) is 0 Å². The van der Waals surface area contributed by atoms with Gasteiger partial charge in [0.2, 0.25) is 0 Å². The molecule has 5 heteroatoms. The Labute approximate surface area is 115 Å². The lowest BCUT2D eigenvalue weighted by atomic mass is 10.00. The summed E-state index contributed by atoms with van der Waals surface area (Å²) < 4.78 is 5.93. The molecule has 0 radical (unpaired) electrons. The largest absolute Gasteiger partial charge is 0.381 e. The van der Waals surface area contributed by atoms with Crippen LogP contribution in [0.2, 0.25) is 0 Å². The number of carbonyl (C=O) groups is 1. The minimum Gasteiger partial charge on any atom is -0.381 e. The van der Waals surface area contributed by atoms with E-state index >= 15 is 0 Å². The number of amides is 1. The Morgan fingerprint density at radius 1 is 1.56 bits per heavy atom. The minimum atomic E-state index is 0.0152. The Bertz CT molecular complexity index is 419. The van der Waals surface area contributed by atoms with Crippen molar-refractivity contribution in [2.75, 3.05) is 26.8 Å². The molecule has 1 fully saturated rings. The highest BCUT2D eigenvalue weighted by Gasteiger charge is 2.20. The van der Waals surface area contributed by atoms with E-state index in [2.05, 4.69) is 20.9 Å². The summed E-state index contributed by atoms with van der Waals surface area (Å²) in [5, 5.41) is 0. The van der Waals surface area contributed by atoms with E-state index in [-0.39, 0.29) is 5.91 Å². The summed E-state index contributed by atoms with van der Waals surface area (Å²) in [5.74, 6) is 0.560. The van der Waals surface area contributed by atoms with Gasteiger partial charge in [-0.25, -0.2) is 4.98 Å². The summed E-state index contributed by atoms with van der Waals surface area (Å²) in [6, 6.07) is 3.57. The fourth-order valence-electron chi connectivity index (χ4n) is 2.15. The summed E-state index contributed by atoms with van der Waals surface area (Å²) in [6.07, 6.45) is 3.73. The Kier molecular flexibility index (Phi) is 4.72. The number of carbonyl (C=O) groups excluding carboxylic acids is 1. The standard InChI is InChI=1S/C13H17BrN2O2/c1-16(9-10-4-7-18-8-5-10)13(17)11-3-2-6-15-12(11)14/h2-3,6,10H,4-5,7-9H2,1H3. The van der Waals surface area contributed by atoms with Crippen molar-refractivity contribution in [2.45, 2.75) is 12.8 Å². The van der Waals surface area contributed by atoms with E-state index in [1.54, 1.807) is 23.2 Å². The van der Waals surface area contributed by atoms with Crippen molar-refractivity contribution in [1.82, 2.24) is 9.88 Å². The molecule has 0 bridgehead atoms. The van der Waals surface area contributed by atoms with E-state index in [0.29, 0.717) is 16.1 Å². The van der Waals surface area contributed by atoms with Crippen LogP contribution in [0.4, 0.5) is 0 Å². The fourth-order valence-corrected chi connectivity index (χ4v) is 2.57. The first-order valence-corrected chi connectivity index (χ1v) is 6.91. The van der Waals surface area contributed by atoms with Gasteiger partial charge in [0.05, 0.1) is 5.56 Å². The summed E-state index contributed by atoms with van der Waals surface area (Å²) in [5.41, 5.74) is 0.618. The molecule has 0 atom stereocenters. The zero-order valence-corrected chi connectivity index (χ0v) is 12.0. The highest BCUT2D eigenvalue weighted by molar-refractivity contribution is 9.10. The number of ether oxygens (including phenoxy) is 1. The van der Waals surface area contributed by atoms with Crippen LogP contribution < -0.4 is 0 Å². The summed E-state index contributed by atoms with van der Waals surface area (Å²) in [6.45, 7) is 2.40. The topological polar surface area (TPSA) is 42.4 Å². The molecule has 0 aromatic carbocycles. The van der Waals surface area contributed by atoms with E-state index in [1.807, 2.05) is 7.05 Å². The van der Waals surface area contributed by atoms with Gasteiger partial charge in [0.25, 0.3) is 5.91 Å². The first kappa shape index (κ1) is 13.5. The van der Waals surface area contributed by atoms with Crippen molar-refractivity contribution in [1.29, 1.82) is 0 Å². The van der Waals surface area contributed by atoms with E-state index < -0.39 is 0 Å². The summed E-state index contributed by atoms with van der Waals surface area (Å²) >= 11 is 3.31. The van der Waals surface area contributed by atoms with Crippen LogP contribution >= 0.6 is 15.9 Å². The highest BCUT2D eigenvalue weighted by atomic mass is 79.9. The zero-order valence-electron chi connectivity index (χ0n) is 10.4. The molecule has 1 aromatic heterocycles. The predicted molar refractivity (Wildman–Crippen MR) is 72.4 cm³/mol. The molecule has 98 valence electrons. The summed E-state index contributed by atoms with van der Waals surface area (Å²) in [7, 11) is 1.84. The monoisotopic (exact) mass is 312 g/mol. The van der Waals surface area contributed by atoms with Crippen LogP contribution in [0.25, 0.3) is 0 Å². The number of halogens is 1. The van der Waals surface area contributed by atoms with Gasteiger partial charge in [0.1, 0.15) is 4.60 Å². The van der Waals surface area contributed by atoms with Gasteiger partial charge < -0.3 is 9.64 Å². The molecule has 0 unspecified atom stereocenters. The van der Waals surface area contributed by atoms with Crippen LogP contribution in [0.3, 0.4) is 0 Å². The first-order chi connectivity index (χ1) is 8.68. The molecular formula is C13H17BrN2O2. The fraction of sp³-hybridized carbons (Fsp3) is 0.538. The van der Waals surface area contributed by atoms with Gasteiger partial charge in [-0.15, -0.1) is 0 Å². The number of hydrogen-bond donors (Lipinski definition) is 0. The lowest BCUT2D eigenvalue weighted by Crippen LogP contribution is -2.34. The second kappa shape index (κ2) is 6.29. The van der Waals surface area contributed by atoms with Crippen LogP contribution in [0.15, 0.2) is 22.9 Å². The molecule has 1 aliphatic rings. The first-order valence-electron chi connectivity index (χ1n) is 6.12. The number of hydrogen-bond acceptors (Lipinski definition) is 3. The Morgan fingerprint density at radius 3 is 2.94 bits per heavy atom. The van der Waals surface area contributed by atoms with Gasteiger partial charge in [-0.05, 0) is 46.8 Å². The Hall–Kier alpha value is -0.940. The quantitative estimate of drug-likeness (QED) is 0.805. The number of nitrogens with zero attached hydrogens (tertiary/aromatic N) is 2. The molecule has 0 N–H and O–H groups in total. The van der Waals surface area contributed by atoms with E-state index in [9.17, 15) is 4.79 Å². The third-order valence-corrected chi connectivity index (χ3v) is 3.84. The molecule has 1 aromatic rings. The predicted octanol–water partition coefficient (Wildman–Crippen LogP) is 2.34. The van der Waals surface area contributed by atoms with Crippen molar-refractivity contribution < 1.29 is 9.53 Å². The smallest absolute Gasteiger partial charge is 0.256 e. The van der Waals surface area contributed by atoms with Gasteiger partial charge in [-0.2, -0.15) is 0 Å². The molecule has 0 aliphatic carbocycles. The molecule has 4 nitrogen and oxygen atoms in total. The van der Waals surface area contributed by atoms with Crippen molar-refractivity contribution in [3.05, 3.63) is 28.5 Å². The van der Waals surface area contributed by atoms with Crippen LogP contribution in [0.1, 0.15) is 23.2 Å². The van der Waals surface area contributed by atoms with Crippen molar-refractivity contribution >= 4 is 21.8 Å². The lowest BCUT2D eigenvalue weighted by molar-refractivity contribution is 0.0497.